The van der Waals surface area contributed by atoms with Crippen LogP contribution in [-0.4, -0.2) is 160 Å². The predicted octanol–water partition coefficient (Wildman–Crippen LogP) is -2.06. The van der Waals surface area contributed by atoms with Crippen LogP contribution in [0.25, 0.3) is 0 Å². The molecule has 0 saturated carbocycles. The van der Waals surface area contributed by atoms with Gasteiger partial charge in [0.05, 0.1) is 5.02 Å². The summed E-state index contributed by atoms with van der Waals surface area (Å²) in [7, 11) is -3.83. The van der Waals surface area contributed by atoms with Gasteiger partial charge in [0.2, 0.25) is 29.5 Å². The number of nitrogens with two attached hydrogens (primary N) is 2. The van der Waals surface area contributed by atoms with E-state index in [0.29, 0.717) is 12.0 Å². The molecule has 1 aromatic carbocycles. The molecule has 3 rings (SSSR count). The van der Waals surface area contributed by atoms with Crippen LogP contribution in [0.1, 0.15) is 78.7 Å². The SMILES string of the molecule is CCC(C)[C@@H]1NC(=O)[C@H](Cc2ccc(O)c(Cl)c2)N(C)C(=O)[C@H](C(C)CC)N2C(=O)[C@H](CC[C@H]2O)NC(=O)[C@H](CCCN=C(N)N)NC(=O)C(NC(=O)[C@@H](O)COS(=O)(=O)O)[C@@H](C)OC1=O. The van der Waals surface area contributed by atoms with Crippen LogP contribution in [0.5, 0.6) is 5.75 Å². The molecule has 26 heteroatoms. The number of nitrogens with one attached hydrogen (secondary N) is 4. The molecule has 1 aromatic rings. The van der Waals surface area contributed by atoms with Crippen molar-refractivity contribution in [1.29, 1.82) is 0 Å². The molecule has 6 amide bonds. The Morgan fingerprint density at radius 2 is 1.67 bits per heavy atom. The summed E-state index contributed by atoms with van der Waals surface area (Å²) in [6.45, 7) is 6.53. The zero-order valence-corrected chi connectivity index (χ0v) is 39.1. The number of aliphatic hydroxyl groups is 2. The summed E-state index contributed by atoms with van der Waals surface area (Å²) in [6, 6.07) is -5.13. The number of halogens is 1. The molecule has 2 saturated heterocycles. The van der Waals surface area contributed by atoms with Crippen molar-refractivity contribution in [2.45, 2.75) is 134 Å². The van der Waals surface area contributed by atoms with Gasteiger partial charge in [-0.2, -0.15) is 8.42 Å². The molecule has 24 nitrogen and oxygen atoms in total. The van der Waals surface area contributed by atoms with Gasteiger partial charge >= 0.3 is 16.4 Å². The zero-order chi connectivity index (χ0) is 49.8. The van der Waals surface area contributed by atoms with Crippen molar-refractivity contribution in [3.63, 3.8) is 0 Å². The number of amides is 6. The van der Waals surface area contributed by atoms with Gasteiger partial charge in [0.1, 0.15) is 60.9 Å². The van der Waals surface area contributed by atoms with E-state index in [0.717, 1.165) is 16.7 Å². The number of likely N-dealkylation sites (N-methyl/N-ethyl adjacent to an activating group) is 1. The third-order valence-electron chi connectivity index (χ3n) is 11.6. The molecule has 2 bridgehead atoms. The summed E-state index contributed by atoms with van der Waals surface area (Å²) in [5, 5.41) is 41.7. The van der Waals surface area contributed by atoms with Crippen molar-refractivity contribution in [1.82, 2.24) is 31.1 Å². The van der Waals surface area contributed by atoms with Crippen LogP contribution in [0.3, 0.4) is 0 Å². The second-order valence-corrected chi connectivity index (χ2v) is 17.9. The normalized spacial score (nSPS) is 26.6. The van der Waals surface area contributed by atoms with Crippen LogP contribution in [0.15, 0.2) is 23.2 Å². The molecule has 3 unspecified atom stereocenters. The summed E-state index contributed by atoms with van der Waals surface area (Å²) >= 11 is 6.22. The third kappa shape index (κ3) is 15.1. The monoisotopic (exact) mass is 975 g/mol. The van der Waals surface area contributed by atoms with Gasteiger partial charge in [-0.15, -0.1) is 0 Å². The fourth-order valence-electron chi connectivity index (χ4n) is 7.31. The van der Waals surface area contributed by atoms with Gasteiger partial charge in [0.25, 0.3) is 5.91 Å². The van der Waals surface area contributed by atoms with Crippen molar-refractivity contribution in [2.75, 3.05) is 20.2 Å². The summed E-state index contributed by atoms with van der Waals surface area (Å²) in [4.78, 5) is 105. The predicted molar refractivity (Wildman–Crippen MR) is 235 cm³/mol. The molecule has 2 aliphatic rings. The lowest BCUT2D eigenvalue weighted by Crippen LogP contribution is -2.66. The van der Waals surface area contributed by atoms with E-state index in [-0.39, 0.29) is 61.8 Å². The first kappa shape index (κ1) is 55.0. The summed E-state index contributed by atoms with van der Waals surface area (Å²) in [6.07, 6.45) is -5.62. The Morgan fingerprint density at radius 3 is 2.26 bits per heavy atom. The van der Waals surface area contributed by atoms with Gasteiger partial charge in [-0.05, 0) is 62.1 Å². The molecular formula is C40H62ClN9O15S. The summed E-state index contributed by atoms with van der Waals surface area (Å²) in [5.74, 6) is -9.14. The maximum absolute atomic E-state index is 14.8. The van der Waals surface area contributed by atoms with Crippen LogP contribution in [0.4, 0.5) is 0 Å². The number of cyclic esters (lactones) is 1. The number of aliphatic hydroxyl groups excluding tert-OH is 2. The minimum absolute atomic E-state index is 0.0336. The number of fused-ring (bicyclic) bond motifs is 2. The minimum Gasteiger partial charge on any atom is -0.506 e. The van der Waals surface area contributed by atoms with E-state index in [9.17, 15) is 57.3 Å². The number of ether oxygens (including phenoxy) is 1. The molecule has 2 aliphatic heterocycles. The average Bonchev–Trinajstić information content (AvgIpc) is 3.25. The number of aliphatic imine (C=N–C) groups is 1. The number of carbonyl (C=O) groups excluding carboxylic acids is 7. The number of carbonyl (C=O) groups is 7. The second kappa shape index (κ2) is 24.4. The van der Waals surface area contributed by atoms with Crippen molar-refractivity contribution >= 4 is 69.4 Å². The Labute approximate surface area is 387 Å². The van der Waals surface area contributed by atoms with Crippen LogP contribution in [-0.2, 0) is 59.3 Å². The summed E-state index contributed by atoms with van der Waals surface area (Å²) in [5.41, 5.74) is 11.3. The number of hydrogen-bond acceptors (Lipinski definition) is 15. The number of esters is 1. The van der Waals surface area contributed by atoms with E-state index in [1.165, 1.54) is 25.2 Å². The Kier molecular flexibility index (Phi) is 20.4. The van der Waals surface area contributed by atoms with E-state index in [1.807, 2.05) is 0 Å². The van der Waals surface area contributed by atoms with Gasteiger partial charge in [-0.1, -0.05) is 58.2 Å². The van der Waals surface area contributed by atoms with Crippen molar-refractivity contribution < 1.29 is 70.8 Å². The maximum Gasteiger partial charge on any atom is 0.397 e. The Morgan fingerprint density at radius 1 is 1.02 bits per heavy atom. The highest BCUT2D eigenvalue weighted by molar-refractivity contribution is 7.80. The molecule has 12 N–H and O–H groups in total. The zero-order valence-electron chi connectivity index (χ0n) is 37.5. The molecule has 2 heterocycles. The molecule has 0 aliphatic carbocycles. The van der Waals surface area contributed by atoms with Gasteiger partial charge in [0, 0.05) is 20.0 Å². The van der Waals surface area contributed by atoms with E-state index in [1.54, 1.807) is 27.7 Å². The fourth-order valence-corrected chi connectivity index (χ4v) is 7.81. The molecule has 0 aromatic heterocycles. The number of nitrogens with zero attached hydrogens (tertiary/aromatic N) is 3. The van der Waals surface area contributed by atoms with Gasteiger partial charge in [0.15, 0.2) is 12.1 Å². The lowest BCUT2D eigenvalue weighted by molar-refractivity contribution is -0.168. The molecule has 11 atom stereocenters. The first-order valence-corrected chi connectivity index (χ1v) is 23.1. The molecule has 2 fully saturated rings. The second-order valence-electron chi connectivity index (χ2n) is 16.4. The van der Waals surface area contributed by atoms with Crippen LogP contribution in [0, 0.1) is 11.8 Å². The number of guanidine groups is 1. The van der Waals surface area contributed by atoms with Crippen molar-refractivity contribution in [3.8, 4) is 5.75 Å². The lowest BCUT2D eigenvalue weighted by atomic mass is 9.91. The van der Waals surface area contributed by atoms with Crippen LogP contribution >= 0.6 is 11.6 Å². The number of phenolic OH excluding ortho intramolecular Hbond substituents is 1. The van der Waals surface area contributed by atoms with E-state index in [4.69, 9.17) is 32.4 Å². The van der Waals surface area contributed by atoms with E-state index >= 15 is 0 Å². The number of piperidine rings is 1. The largest absolute Gasteiger partial charge is 0.506 e. The topological polar surface area (TPSA) is 372 Å². The molecule has 370 valence electrons. The molecule has 0 radical (unpaired) electrons. The molecular weight excluding hydrogens is 914 g/mol. The Bertz CT molecular complexity index is 2080. The number of benzene rings is 1. The highest BCUT2D eigenvalue weighted by atomic mass is 35.5. The number of hydrogen-bond donors (Lipinski definition) is 10. The number of phenols is 1. The Hall–Kier alpha value is -5.34. The third-order valence-corrected chi connectivity index (χ3v) is 12.3. The number of aromatic hydroxyl groups is 1. The average molecular weight is 977 g/mol. The fraction of sp³-hybridized carbons (Fsp3) is 0.650. The van der Waals surface area contributed by atoms with Gasteiger partial charge in [-0.25, -0.2) is 8.98 Å². The highest BCUT2D eigenvalue weighted by Crippen LogP contribution is 2.29. The van der Waals surface area contributed by atoms with Crippen molar-refractivity contribution in [2.24, 2.45) is 28.3 Å². The van der Waals surface area contributed by atoms with Crippen LogP contribution < -0.4 is 32.7 Å². The maximum atomic E-state index is 14.8. The quantitative estimate of drug-likeness (QED) is 0.0297. The first-order valence-electron chi connectivity index (χ1n) is 21.3. The van der Waals surface area contributed by atoms with E-state index < -0.39 is 125 Å². The number of rotatable bonds is 15. The highest BCUT2D eigenvalue weighted by Gasteiger charge is 2.47. The minimum atomic E-state index is -5.14. The molecule has 0 spiro atoms. The smallest absolute Gasteiger partial charge is 0.397 e. The lowest BCUT2D eigenvalue weighted by Gasteiger charge is -2.44. The Balaban J connectivity index is 2.26. The van der Waals surface area contributed by atoms with Crippen molar-refractivity contribution in [3.05, 3.63) is 28.8 Å². The first-order chi connectivity index (χ1) is 30.8. The van der Waals surface area contributed by atoms with Gasteiger partial charge in [-0.3, -0.25) is 38.3 Å². The molecule has 66 heavy (non-hydrogen) atoms. The van der Waals surface area contributed by atoms with E-state index in [2.05, 4.69) is 30.4 Å². The van der Waals surface area contributed by atoms with Gasteiger partial charge < -0.3 is 62.6 Å². The van der Waals surface area contributed by atoms with Crippen LogP contribution in [0.2, 0.25) is 5.02 Å². The summed E-state index contributed by atoms with van der Waals surface area (Å²) < 4.78 is 41.1. The standard InChI is InChI=1S/C40H62ClN9O15S/c1-7-19(3)30-39(60)65-21(5)31(48-35(56)28(52)18-64-66(61,62)63)36(57)45-24(10-9-15-44-40(42)43)33(54)46-25-12-14-29(53)50(37(25)58)32(20(4)8-2)38(59)49(6)26(34(55)47-30)17-22-11-13-27(51)23(41)16-22/h11,13,16,19-21,24-26,28-32,51-53H,7-10,12,14-15,17-18H2,1-6H3,(H,45,57)(H,46,54)(H,47,55)(H,48,56)(H4,42,43,44)(H,61,62,63)/t19?,20?,21-,24+,25+,26+,28+,29-,30+,31?,32+/m1/s1.